The maximum atomic E-state index is 13.1. The molecule has 37 heavy (non-hydrogen) atoms. The van der Waals surface area contributed by atoms with E-state index < -0.39 is 23.8 Å². The summed E-state index contributed by atoms with van der Waals surface area (Å²) in [5.74, 6) is -0.540. The van der Waals surface area contributed by atoms with E-state index in [0.717, 1.165) is 4.90 Å². The first-order valence-electron chi connectivity index (χ1n) is 10.9. The molecule has 0 saturated carbocycles. The first kappa shape index (κ1) is 25.0. The van der Waals surface area contributed by atoms with Crippen LogP contribution in [0.25, 0.3) is 6.08 Å². The van der Waals surface area contributed by atoms with Crippen molar-refractivity contribution >= 4 is 35.6 Å². The third-order valence-corrected chi connectivity index (χ3v) is 5.35. The van der Waals surface area contributed by atoms with Gasteiger partial charge in [0.05, 0.1) is 27.0 Å². The smallest absolute Gasteiger partial charge is 0.373 e. The Labute approximate surface area is 211 Å². The predicted molar refractivity (Wildman–Crippen MR) is 129 cm³/mol. The number of rotatable bonds is 8. The molecular weight excluding hydrogens is 484 g/mol. The molecule has 0 bridgehead atoms. The summed E-state index contributed by atoms with van der Waals surface area (Å²) in [6.07, 6.45) is 1.35. The van der Waals surface area contributed by atoms with Gasteiger partial charge in [-0.2, -0.15) is 0 Å². The number of benzene rings is 2. The van der Waals surface area contributed by atoms with Gasteiger partial charge >= 0.3 is 12.0 Å². The monoisotopic (exact) mass is 506 g/mol. The number of hydrogen-bond donors (Lipinski definition) is 1. The summed E-state index contributed by atoms with van der Waals surface area (Å²) in [6, 6.07) is 13.2. The Morgan fingerprint density at radius 1 is 0.946 bits per heavy atom. The Morgan fingerprint density at radius 3 is 2.38 bits per heavy atom. The fourth-order valence-electron chi connectivity index (χ4n) is 3.50. The van der Waals surface area contributed by atoms with Crippen molar-refractivity contribution in [2.24, 2.45) is 0 Å². The normalized spacial score (nSPS) is 14.4. The molecule has 1 aliphatic rings. The number of esters is 1. The van der Waals surface area contributed by atoms with E-state index in [9.17, 15) is 19.2 Å². The van der Waals surface area contributed by atoms with Crippen molar-refractivity contribution in [2.75, 3.05) is 26.2 Å². The van der Waals surface area contributed by atoms with Crippen LogP contribution in [-0.4, -0.2) is 45.1 Å². The molecule has 0 atom stereocenters. The van der Waals surface area contributed by atoms with E-state index in [1.165, 1.54) is 45.6 Å². The number of barbiturate groups is 1. The molecule has 1 fully saturated rings. The molecule has 1 N–H and O–H groups in total. The fourth-order valence-corrected chi connectivity index (χ4v) is 3.50. The number of nitrogens with one attached hydrogen (secondary N) is 1. The van der Waals surface area contributed by atoms with Gasteiger partial charge in [0.15, 0.2) is 11.5 Å². The second-order valence-corrected chi connectivity index (χ2v) is 7.61. The van der Waals surface area contributed by atoms with Gasteiger partial charge in [0.1, 0.15) is 23.7 Å². The molecule has 3 aromatic rings. The number of carbonyl (C=O) groups is 4. The zero-order chi connectivity index (χ0) is 26.5. The largest absolute Gasteiger partial charge is 0.497 e. The Kier molecular flexibility index (Phi) is 7.23. The molecule has 11 heteroatoms. The molecule has 11 nitrogen and oxygen atoms in total. The van der Waals surface area contributed by atoms with Gasteiger partial charge in [-0.05, 0) is 60.2 Å². The maximum Gasteiger partial charge on any atom is 0.373 e. The van der Waals surface area contributed by atoms with Crippen LogP contribution in [0, 0.1) is 0 Å². The van der Waals surface area contributed by atoms with Crippen LogP contribution in [0.1, 0.15) is 21.9 Å². The average molecular weight is 506 g/mol. The average Bonchev–Trinajstić information content (AvgIpc) is 3.39. The molecule has 1 aromatic heterocycles. The number of furan rings is 1. The van der Waals surface area contributed by atoms with E-state index in [1.807, 2.05) is 0 Å². The Bertz CT molecular complexity index is 1390. The minimum Gasteiger partial charge on any atom is -0.497 e. The number of anilines is 1. The zero-order valence-corrected chi connectivity index (χ0v) is 20.1. The third kappa shape index (κ3) is 5.30. The van der Waals surface area contributed by atoms with Crippen molar-refractivity contribution in [2.45, 2.75) is 6.61 Å². The van der Waals surface area contributed by atoms with Gasteiger partial charge in [-0.15, -0.1) is 0 Å². The summed E-state index contributed by atoms with van der Waals surface area (Å²) in [6.45, 7) is 0.00755. The molecular formula is C26H22N2O9. The van der Waals surface area contributed by atoms with Crippen LogP contribution >= 0.6 is 0 Å². The highest BCUT2D eigenvalue weighted by atomic mass is 16.5. The molecule has 2 heterocycles. The lowest BCUT2D eigenvalue weighted by atomic mass is 10.1. The van der Waals surface area contributed by atoms with Gasteiger partial charge in [0.2, 0.25) is 5.76 Å². The van der Waals surface area contributed by atoms with E-state index >= 15 is 0 Å². The number of carbonyl (C=O) groups excluding carboxylic acids is 4. The van der Waals surface area contributed by atoms with Gasteiger partial charge in [-0.3, -0.25) is 14.9 Å². The summed E-state index contributed by atoms with van der Waals surface area (Å²) >= 11 is 0. The molecule has 2 aromatic carbocycles. The van der Waals surface area contributed by atoms with Crippen LogP contribution < -0.4 is 24.4 Å². The van der Waals surface area contributed by atoms with Crippen molar-refractivity contribution in [3.05, 3.63) is 77.3 Å². The zero-order valence-electron chi connectivity index (χ0n) is 20.1. The number of imide groups is 2. The Balaban J connectivity index is 1.55. The molecule has 4 rings (SSSR count). The van der Waals surface area contributed by atoms with Crippen LogP contribution in [0.5, 0.6) is 17.2 Å². The minimum atomic E-state index is -0.855. The van der Waals surface area contributed by atoms with Crippen LogP contribution in [0.4, 0.5) is 10.5 Å². The molecule has 0 radical (unpaired) electrons. The second kappa shape index (κ2) is 10.7. The molecule has 190 valence electrons. The van der Waals surface area contributed by atoms with Gasteiger partial charge < -0.3 is 23.4 Å². The minimum absolute atomic E-state index is 0.00755. The molecule has 0 aliphatic carbocycles. The lowest BCUT2D eigenvalue weighted by Gasteiger charge is -2.26. The van der Waals surface area contributed by atoms with Gasteiger partial charge in [0.25, 0.3) is 11.8 Å². The second-order valence-electron chi connectivity index (χ2n) is 7.61. The third-order valence-electron chi connectivity index (χ3n) is 5.35. The number of methoxy groups -OCH3 is 3. The lowest BCUT2D eigenvalue weighted by molar-refractivity contribution is -0.122. The number of hydrogen-bond acceptors (Lipinski definition) is 9. The number of urea groups is 1. The molecule has 4 amide bonds. The summed E-state index contributed by atoms with van der Waals surface area (Å²) in [5.41, 5.74) is 0.492. The standard InChI is InChI=1S/C26H22N2O9/c1-33-17-7-5-16(6-8-17)28-24(30)19(23(29)27-26(28)32)12-15-4-10-20(22(13-15)34-2)36-14-18-9-11-21(37-18)25(31)35-3/h4-13H,14H2,1-3H3,(H,27,29,32). The molecule has 1 aliphatic heterocycles. The van der Waals surface area contributed by atoms with E-state index in [2.05, 4.69) is 10.1 Å². The van der Waals surface area contributed by atoms with Crippen molar-refractivity contribution < 1.29 is 42.5 Å². The summed E-state index contributed by atoms with van der Waals surface area (Å²) in [7, 11) is 4.18. The van der Waals surface area contributed by atoms with Crippen molar-refractivity contribution in [3.63, 3.8) is 0 Å². The van der Waals surface area contributed by atoms with E-state index in [-0.39, 0.29) is 23.6 Å². The number of nitrogens with zero attached hydrogens (tertiary/aromatic N) is 1. The molecule has 1 saturated heterocycles. The lowest BCUT2D eigenvalue weighted by Crippen LogP contribution is -2.54. The van der Waals surface area contributed by atoms with Crippen LogP contribution in [0.2, 0.25) is 0 Å². The molecule has 0 unspecified atom stereocenters. The fraction of sp³-hybridized carbons (Fsp3) is 0.154. The van der Waals surface area contributed by atoms with Crippen LogP contribution in [0.3, 0.4) is 0 Å². The number of ether oxygens (including phenoxy) is 4. The van der Waals surface area contributed by atoms with Gasteiger partial charge in [-0.25, -0.2) is 14.5 Å². The summed E-state index contributed by atoms with van der Waals surface area (Å²) in [5, 5.41) is 2.18. The highest BCUT2D eigenvalue weighted by molar-refractivity contribution is 6.39. The quantitative estimate of drug-likeness (QED) is 0.277. The van der Waals surface area contributed by atoms with E-state index in [1.54, 1.807) is 36.4 Å². The van der Waals surface area contributed by atoms with Gasteiger partial charge in [-0.1, -0.05) is 6.07 Å². The van der Waals surface area contributed by atoms with Crippen molar-refractivity contribution in [1.82, 2.24) is 5.32 Å². The summed E-state index contributed by atoms with van der Waals surface area (Å²) in [4.78, 5) is 50.4. The van der Waals surface area contributed by atoms with Crippen LogP contribution in [0.15, 0.2) is 64.6 Å². The highest BCUT2D eigenvalue weighted by Gasteiger charge is 2.36. The van der Waals surface area contributed by atoms with Crippen molar-refractivity contribution in [1.29, 1.82) is 0 Å². The van der Waals surface area contributed by atoms with E-state index in [0.29, 0.717) is 28.6 Å². The predicted octanol–water partition coefficient (Wildman–Crippen LogP) is 3.33. The van der Waals surface area contributed by atoms with E-state index in [4.69, 9.17) is 18.6 Å². The highest BCUT2D eigenvalue weighted by Crippen LogP contribution is 2.31. The summed E-state index contributed by atoms with van der Waals surface area (Å²) < 4.78 is 26.2. The number of amides is 4. The first-order chi connectivity index (χ1) is 17.8. The van der Waals surface area contributed by atoms with Crippen LogP contribution in [-0.2, 0) is 20.9 Å². The molecule has 0 spiro atoms. The topological polar surface area (TPSA) is 134 Å². The Hall–Kier alpha value is -5.06. The first-order valence-corrected chi connectivity index (χ1v) is 10.9. The maximum absolute atomic E-state index is 13.1. The SMILES string of the molecule is COC(=O)c1ccc(COc2ccc(C=C3C(=O)NC(=O)N(c4ccc(OC)cc4)C3=O)cc2OC)o1. The Morgan fingerprint density at radius 2 is 1.70 bits per heavy atom. The van der Waals surface area contributed by atoms with Crippen molar-refractivity contribution in [3.8, 4) is 17.2 Å². The van der Waals surface area contributed by atoms with Gasteiger partial charge in [0, 0.05) is 0 Å².